The Balaban J connectivity index is 1.95. The van der Waals surface area contributed by atoms with E-state index in [4.69, 9.17) is 0 Å². The van der Waals surface area contributed by atoms with Crippen molar-refractivity contribution in [2.45, 2.75) is 27.3 Å². The molecular weight excluding hydrogens is 397 g/mol. The van der Waals surface area contributed by atoms with Gasteiger partial charge in [-0.2, -0.15) is 10.2 Å². The van der Waals surface area contributed by atoms with Crippen LogP contribution in [0, 0.1) is 49.9 Å². The summed E-state index contributed by atoms with van der Waals surface area (Å²) in [6.45, 7) is 3.98. The number of nitrogens with one attached hydrogen (secondary N) is 1. The molecule has 0 fully saturated rings. The Morgan fingerprint density at radius 1 is 0.931 bits per heavy atom. The van der Waals surface area contributed by atoms with Gasteiger partial charge in [-0.15, -0.1) is 0 Å². The first-order chi connectivity index (χ1) is 13.5. The highest BCUT2D eigenvalue weighted by atomic mass is 19.2. The lowest BCUT2D eigenvalue weighted by Gasteiger charge is -2.10. The number of rotatable bonds is 4. The number of nitrogens with zero attached hydrogens (tertiary/aromatic N) is 4. The normalized spacial score (nSPS) is 11.2. The number of aryl methyl sites for hydroxylation is 3. The second-order valence-electron chi connectivity index (χ2n) is 6.51. The van der Waals surface area contributed by atoms with Crippen LogP contribution in [0.5, 0.6) is 0 Å². The highest BCUT2D eigenvalue weighted by molar-refractivity contribution is 6.05. The first-order valence-electron chi connectivity index (χ1n) is 8.38. The van der Waals surface area contributed by atoms with Gasteiger partial charge in [-0.05, 0) is 20.8 Å². The van der Waals surface area contributed by atoms with Gasteiger partial charge >= 0.3 is 0 Å². The van der Waals surface area contributed by atoms with E-state index in [9.17, 15) is 26.7 Å². The molecule has 0 radical (unpaired) electrons. The number of benzene rings is 1. The molecule has 6 nitrogen and oxygen atoms in total. The van der Waals surface area contributed by atoms with Gasteiger partial charge in [0.05, 0.1) is 40.4 Å². The predicted octanol–water partition coefficient (Wildman–Crippen LogP) is 3.54. The Hall–Kier alpha value is -3.24. The Labute approximate surface area is 161 Å². The second-order valence-corrected chi connectivity index (χ2v) is 6.51. The van der Waals surface area contributed by atoms with Crippen LogP contribution in [0.3, 0.4) is 0 Å². The van der Waals surface area contributed by atoms with Crippen molar-refractivity contribution in [3.63, 3.8) is 0 Å². The van der Waals surface area contributed by atoms with Gasteiger partial charge in [-0.1, -0.05) is 0 Å². The van der Waals surface area contributed by atoms with Gasteiger partial charge in [-0.25, -0.2) is 22.0 Å². The first-order valence-corrected chi connectivity index (χ1v) is 8.38. The highest BCUT2D eigenvalue weighted by Gasteiger charge is 2.27. The summed E-state index contributed by atoms with van der Waals surface area (Å²) in [6, 6.07) is 0. The van der Waals surface area contributed by atoms with E-state index in [1.807, 2.05) is 0 Å². The average molecular weight is 413 g/mol. The van der Waals surface area contributed by atoms with E-state index < -0.39 is 47.1 Å². The van der Waals surface area contributed by atoms with Crippen molar-refractivity contribution in [2.75, 3.05) is 5.32 Å². The second kappa shape index (κ2) is 7.30. The topological polar surface area (TPSA) is 64.7 Å². The zero-order valence-corrected chi connectivity index (χ0v) is 15.9. The standard InChI is InChI=1S/C18H16F5N5O/c1-7-10(5-27(4)25-7)18(29)24-17-8(2)26-28(9(17)3)6-11-12(19)14(21)16(23)15(22)13(11)20/h5H,6H2,1-4H3,(H,24,29). The third-order valence-corrected chi connectivity index (χ3v) is 4.49. The highest BCUT2D eigenvalue weighted by Crippen LogP contribution is 2.26. The predicted molar refractivity (Wildman–Crippen MR) is 92.9 cm³/mol. The maximum absolute atomic E-state index is 14.0. The van der Waals surface area contributed by atoms with E-state index in [0.717, 1.165) is 4.68 Å². The van der Waals surface area contributed by atoms with Crippen molar-refractivity contribution in [3.8, 4) is 0 Å². The molecule has 0 saturated heterocycles. The number of aromatic nitrogens is 4. The minimum Gasteiger partial charge on any atom is -0.319 e. The third kappa shape index (κ3) is 3.47. The van der Waals surface area contributed by atoms with Crippen molar-refractivity contribution in [1.29, 1.82) is 0 Å². The Morgan fingerprint density at radius 2 is 1.48 bits per heavy atom. The quantitative estimate of drug-likeness (QED) is 0.404. The molecule has 3 rings (SSSR count). The zero-order valence-electron chi connectivity index (χ0n) is 15.9. The monoisotopic (exact) mass is 413 g/mol. The number of anilines is 1. The van der Waals surface area contributed by atoms with Crippen LogP contribution in [0.2, 0.25) is 0 Å². The minimum absolute atomic E-state index is 0.266. The lowest BCUT2D eigenvalue weighted by Crippen LogP contribution is -2.15. The van der Waals surface area contributed by atoms with E-state index in [1.54, 1.807) is 14.0 Å². The molecule has 0 unspecified atom stereocenters. The fourth-order valence-electron chi connectivity index (χ4n) is 2.97. The summed E-state index contributed by atoms with van der Waals surface area (Å²) in [5.41, 5.74) is 0.644. The van der Waals surface area contributed by atoms with Crippen LogP contribution in [-0.2, 0) is 13.6 Å². The van der Waals surface area contributed by atoms with Crippen molar-refractivity contribution in [1.82, 2.24) is 19.6 Å². The summed E-state index contributed by atoms with van der Waals surface area (Å²) in [5, 5.41) is 10.8. The summed E-state index contributed by atoms with van der Waals surface area (Å²) >= 11 is 0. The van der Waals surface area contributed by atoms with Gasteiger partial charge in [0.2, 0.25) is 5.82 Å². The van der Waals surface area contributed by atoms with Crippen molar-refractivity contribution in [2.24, 2.45) is 7.05 Å². The lowest BCUT2D eigenvalue weighted by atomic mass is 10.1. The molecule has 2 aromatic heterocycles. The molecule has 0 spiro atoms. The Kier molecular flexibility index (Phi) is 5.16. The van der Waals surface area contributed by atoms with E-state index >= 15 is 0 Å². The Bertz CT molecular complexity index is 1110. The van der Waals surface area contributed by atoms with Crippen molar-refractivity contribution < 1.29 is 26.7 Å². The molecule has 0 atom stereocenters. The van der Waals surface area contributed by atoms with Gasteiger partial charge in [-0.3, -0.25) is 14.2 Å². The lowest BCUT2D eigenvalue weighted by molar-refractivity contribution is 0.102. The fraction of sp³-hybridized carbons (Fsp3) is 0.278. The smallest absolute Gasteiger partial charge is 0.259 e. The van der Waals surface area contributed by atoms with Gasteiger partial charge < -0.3 is 5.32 Å². The van der Waals surface area contributed by atoms with Crippen LogP contribution >= 0.6 is 0 Å². The number of carbonyl (C=O) groups excluding carboxylic acids is 1. The molecule has 3 aromatic rings. The molecule has 11 heteroatoms. The van der Waals surface area contributed by atoms with E-state index in [0.29, 0.717) is 17.0 Å². The van der Waals surface area contributed by atoms with Gasteiger partial charge in [0.1, 0.15) is 0 Å². The van der Waals surface area contributed by atoms with Crippen LogP contribution in [-0.4, -0.2) is 25.5 Å². The summed E-state index contributed by atoms with van der Waals surface area (Å²) in [5.74, 6) is -10.6. The van der Waals surface area contributed by atoms with Crippen LogP contribution < -0.4 is 5.32 Å². The summed E-state index contributed by atoms with van der Waals surface area (Å²) < 4.78 is 70.5. The molecule has 2 heterocycles. The number of carbonyl (C=O) groups is 1. The Morgan fingerprint density at radius 3 is 2.00 bits per heavy atom. The molecule has 1 aromatic carbocycles. The first kappa shape index (κ1) is 20.5. The van der Waals surface area contributed by atoms with Gasteiger partial charge in [0.25, 0.3) is 5.91 Å². The summed E-state index contributed by atoms with van der Waals surface area (Å²) in [6.07, 6.45) is 1.52. The van der Waals surface area contributed by atoms with Crippen LogP contribution in [0.4, 0.5) is 27.6 Å². The number of hydrogen-bond acceptors (Lipinski definition) is 3. The van der Waals surface area contributed by atoms with E-state index in [2.05, 4.69) is 15.5 Å². The largest absolute Gasteiger partial charge is 0.319 e. The number of hydrogen-bond donors (Lipinski definition) is 1. The van der Waals surface area contributed by atoms with Gasteiger partial charge in [0, 0.05) is 13.2 Å². The molecule has 0 saturated carbocycles. The molecule has 154 valence electrons. The number of amides is 1. The average Bonchev–Trinajstić information content (AvgIpc) is 3.14. The zero-order chi connectivity index (χ0) is 21.6. The van der Waals surface area contributed by atoms with Crippen molar-refractivity contribution in [3.05, 3.63) is 63.5 Å². The van der Waals surface area contributed by atoms with E-state index in [1.165, 1.54) is 24.7 Å². The van der Waals surface area contributed by atoms with Gasteiger partial charge in [0.15, 0.2) is 23.3 Å². The maximum atomic E-state index is 14.0. The molecule has 29 heavy (non-hydrogen) atoms. The van der Waals surface area contributed by atoms with Crippen LogP contribution in [0.1, 0.15) is 33.0 Å². The molecule has 0 aliphatic carbocycles. The SMILES string of the molecule is Cc1nn(C)cc1C(=O)Nc1c(C)nn(Cc2c(F)c(F)c(F)c(F)c2F)c1C. The fourth-order valence-corrected chi connectivity index (χ4v) is 2.97. The molecule has 1 amide bonds. The van der Waals surface area contributed by atoms with Crippen LogP contribution in [0.25, 0.3) is 0 Å². The molecule has 0 aliphatic heterocycles. The molecular formula is C18H16F5N5O. The minimum atomic E-state index is -2.23. The third-order valence-electron chi connectivity index (χ3n) is 4.49. The summed E-state index contributed by atoms with van der Waals surface area (Å²) in [4.78, 5) is 12.5. The van der Waals surface area contributed by atoms with E-state index in [-0.39, 0.29) is 11.4 Å². The number of halogens is 5. The molecule has 1 N–H and O–H groups in total. The molecule has 0 aliphatic rings. The maximum Gasteiger partial charge on any atom is 0.259 e. The van der Waals surface area contributed by atoms with Crippen molar-refractivity contribution >= 4 is 11.6 Å². The molecule has 0 bridgehead atoms. The van der Waals surface area contributed by atoms with Crippen LogP contribution in [0.15, 0.2) is 6.20 Å². The summed E-state index contributed by atoms with van der Waals surface area (Å²) in [7, 11) is 1.66.